The second-order valence-electron chi connectivity index (χ2n) is 7.99. The number of halogens is 1. The molecule has 0 saturated heterocycles. The highest BCUT2D eigenvalue weighted by Gasteiger charge is 2.33. The summed E-state index contributed by atoms with van der Waals surface area (Å²) in [5.74, 6) is -2.80. The molecule has 0 fully saturated rings. The highest BCUT2D eigenvalue weighted by atomic mass is 35.5. The lowest BCUT2D eigenvalue weighted by Gasteiger charge is -2.23. The van der Waals surface area contributed by atoms with E-state index in [4.69, 9.17) is 11.6 Å². The standard InChI is InChI=1S/C23H23ClN2O5/c1-12(20(28)25-23(3,4)22(30)31)19-13(2)26(18-9-8-16(27)11-17(18)19)21(29)14-6-5-7-15(24)10-14/h5-12,27H,1-4H3,(H,25,28)(H,30,31). The maximum atomic E-state index is 13.3. The fourth-order valence-corrected chi connectivity index (χ4v) is 3.78. The van der Waals surface area contributed by atoms with Gasteiger partial charge in [0, 0.05) is 21.7 Å². The van der Waals surface area contributed by atoms with Crippen molar-refractivity contribution in [3.8, 4) is 5.75 Å². The average Bonchev–Trinajstić information content (AvgIpc) is 2.97. The van der Waals surface area contributed by atoms with E-state index >= 15 is 0 Å². The molecule has 2 aromatic carbocycles. The maximum absolute atomic E-state index is 13.3. The molecule has 1 amide bonds. The van der Waals surface area contributed by atoms with E-state index in [0.29, 0.717) is 32.7 Å². The van der Waals surface area contributed by atoms with E-state index in [1.807, 2.05) is 0 Å². The Morgan fingerprint density at radius 3 is 2.42 bits per heavy atom. The van der Waals surface area contributed by atoms with Gasteiger partial charge in [0.25, 0.3) is 5.91 Å². The lowest BCUT2D eigenvalue weighted by atomic mass is 9.95. The molecular formula is C23H23ClN2O5. The van der Waals surface area contributed by atoms with Crippen molar-refractivity contribution in [1.82, 2.24) is 9.88 Å². The Morgan fingerprint density at radius 2 is 1.81 bits per heavy atom. The van der Waals surface area contributed by atoms with Crippen LogP contribution in [0.1, 0.15) is 48.3 Å². The third-order valence-electron chi connectivity index (χ3n) is 5.31. The third kappa shape index (κ3) is 4.14. The van der Waals surface area contributed by atoms with Crippen LogP contribution in [-0.2, 0) is 9.59 Å². The van der Waals surface area contributed by atoms with Crippen molar-refractivity contribution >= 4 is 40.3 Å². The predicted octanol–water partition coefficient (Wildman–Crippen LogP) is 4.08. The number of nitrogens with zero attached hydrogens (tertiary/aromatic N) is 1. The summed E-state index contributed by atoms with van der Waals surface area (Å²) in [5.41, 5.74) is 0.473. The SMILES string of the molecule is Cc1c(C(C)C(=O)NC(C)(C)C(=O)O)c2cc(O)ccc2n1C(=O)c1cccc(Cl)c1. The second-order valence-corrected chi connectivity index (χ2v) is 8.43. The topological polar surface area (TPSA) is 109 Å². The van der Waals surface area contributed by atoms with Crippen molar-refractivity contribution in [2.24, 2.45) is 0 Å². The van der Waals surface area contributed by atoms with Gasteiger partial charge >= 0.3 is 5.97 Å². The molecule has 0 saturated carbocycles. The van der Waals surface area contributed by atoms with Crippen molar-refractivity contribution in [3.05, 3.63) is 64.3 Å². The summed E-state index contributed by atoms with van der Waals surface area (Å²) >= 11 is 6.04. The number of carboxylic acid groups (broad SMARTS) is 1. The Hall–Kier alpha value is -3.32. The second kappa shape index (κ2) is 8.07. The molecule has 162 valence electrons. The molecule has 1 unspecified atom stereocenters. The van der Waals surface area contributed by atoms with E-state index in [-0.39, 0.29) is 11.7 Å². The van der Waals surface area contributed by atoms with Gasteiger partial charge in [-0.1, -0.05) is 17.7 Å². The van der Waals surface area contributed by atoms with Crippen LogP contribution in [0, 0.1) is 6.92 Å². The zero-order valence-electron chi connectivity index (χ0n) is 17.6. The minimum absolute atomic E-state index is 0.0143. The van der Waals surface area contributed by atoms with E-state index < -0.39 is 23.3 Å². The molecule has 1 atom stereocenters. The summed E-state index contributed by atoms with van der Waals surface area (Å²) in [7, 11) is 0. The maximum Gasteiger partial charge on any atom is 0.328 e. The Kier molecular flexibility index (Phi) is 5.83. The van der Waals surface area contributed by atoms with Crippen LogP contribution in [0.4, 0.5) is 0 Å². The average molecular weight is 443 g/mol. The molecule has 1 heterocycles. The molecule has 0 aliphatic carbocycles. The number of rotatable bonds is 5. The van der Waals surface area contributed by atoms with Crippen molar-refractivity contribution in [2.75, 3.05) is 0 Å². The quantitative estimate of drug-likeness (QED) is 0.551. The van der Waals surface area contributed by atoms with E-state index in [1.165, 1.54) is 30.5 Å². The van der Waals surface area contributed by atoms with E-state index in [0.717, 1.165) is 0 Å². The number of amides is 1. The van der Waals surface area contributed by atoms with Crippen LogP contribution in [0.2, 0.25) is 5.02 Å². The molecule has 0 aliphatic rings. The molecular weight excluding hydrogens is 420 g/mol. The van der Waals surface area contributed by atoms with Gasteiger partial charge < -0.3 is 15.5 Å². The van der Waals surface area contributed by atoms with Gasteiger partial charge in [0.2, 0.25) is 5.91 Å². The third-order valence-corrected chi connectivity index (χ3v) is 5.54. The van der Waals surface area contributed by atoms with E-state index in [1.54, 1.807) is 44.2 Å². The summed E-state index contributed by atoms with van der Waals surface area (Å²) < 4.78 is 1.47. The first-order valence-electron chi connectivity index (χ1n) is 9.63. The molecule has 0 bridgehead atoms. The normalized spacial score (nSPS) is 12.5. The first-order valence-corrected chi connectivity index (χ1v) is 10.0. The number of aliphatic carboxylic acids is 1. The molecule has 3 N–H and O–H groups in total. The molecule has 8 heteroatoms. The molecule has 7 nitrogen and oxygen atoms in total. The Labute approximate surface area is 184 Å². The number of aromatic hydroxyl groups is 1. The number of carboxylic acids is 1. The molecule has 0 aliphatic heterocycles. The van der Waals surface area contributed by atoms with Crippen molar-refractivity contribution in [1.29, 1.82) is 0 Å². The van der Waals surface area contributed by atoms with Crippen molar-refractivity contribution in [3.63, 3.8) is 0 Å². The number of hydrogen-bond acceptors (Lipinski definition) is 4. The van der Waals surface area contributed by atoms with Gasteiger partial charge in [-0.05, 0) is 69.7 Å². The van der Waals surface area contributed by atoms with Gasteiger partial charge in [-0.2, -0.15) is 0 Å². The van der Waals surface area contributed by atoms with E-state index in [2.05, 4.69) is 5.32 Å². The smallest absolute Gasteiger partial charge is 0.328 e. The summed E-state index contributed by atoms with van der Waals surface area (Å²) in [4.78, 5) is 37.6. The van der Waals surface area contributed by atoms with Crippen molar-refractivity contribution in [2.45, 2.75) is 39.2 Å². The van der Waals surface area contributed by atoms with Crippen LogP contribution in [0.5, 0.6) is 5.75 Å². The van der Waals surface area contributed by atoms with Gasteiger partial charge in [0.05, 0.1) is 11.4 Å². The zero-order chi connectivity index (χ0) is 23.1. The van der Waals surface area contributed by atoms with Crippen LogP contribution < -0.4 is 5.32 Å². The van der Waals surface area contributed by atoms with Gasteiger partial charge in [-0.3, -0.25) is 14.2 Å². The zero-order valence-corrected chi connectivity index (χ0v) is 18.3. The number of carbonyl (C=O) groups is 3. The summed E-state index contributed by atoms with van der Waals surface area (Å²) in [6, 6.07) is 11.1. The number of carbonyl (C=O) groups excluding carboxylic acids is 2. The minimum Gasteiger partial charge on any atom is -0.508 e. The van der Waals surface area contributed by atoms with Crippen LogP contribution in [0.25, 0.3) is 10.9 Å². The van der Waals surface area contributed by atoms with Gasteiger partial charge in [-0.15, -0.1) is 0 Å². The number of fused-ring (bicyclic) bond motifs is 1. The first-order chi connectivity index (χ1) is 14.4. The monoisotopic (exact) mass is 442 g/mol. The molecule has 3 aromatic rings. The Balaban J connectivity index is 2.16. The molecule has 31 heavy (non-hydrogen) atoms. The van der Waals surface area contributed by atoms with Gasteiger partial charge in [0.1, 0.15) is 11.3 Å². The number of phenolic OH excluding ortho intramolecular Hbond substituents is 1. The first kappa shape index (κ1) is 22.4. The highest BCUT2D eigenvalue weighted by molar-refractivity contribution is 6.31. The lowest BCUT2D eigenvalue weighted by molar-refractivity contribution is -0.146. The summed E-state index contributed by atoms with van der Waals surface area (Å²) in [6.07, 6.45) is 0. The molecule has 3 rings (SSSR count). The number of benzene rings is 2. The summed E-state index contributed by atoms with van der Waals surface area (Å²) in [6.45, 7) is 6.13. The summed E-state index contributed by atoms with van der Waals surface area (Å²) in [5, 5.41) is 22.8. The fraction of sp³-hybridized carbons (Fsp3) is 0.261. The molecule has 0 radical (unpaired) electrons. The van der Waals surface area contributed by atoms with E-state index in [9.17, 15) is 24.6 Å². The molecule has 1 aromatic heterocycles. The van der Waals surface area contributed by atoms with Crippen LogP contribution in [0.15, 0.2) is 42.5 Å². The predicted molar refractivity (Wildman–Crippen MR) is 118 cm³/mol. The Morgan fingerprint density at radius 1 is 1.13 bits per heavy atom. The minimum atomic E-state index is -1.46. The van der Waals surface area contributed by atoms with Gasteiger partial charge in [-0.25, -0.2) is 4.79 Å². The highest BCUT2D eigenvalue weighted by Crippen LogP contribution is 2.35. The fourth-order valence-electron chi connectivity index (χ4n) is 3.59. The van der Waals surface area contributed by atoms with Crippen LogP contribution in [0.3, 0.4) is 0 Å². The van der Waals surface area contributed by atoms with Gasteiger partial charge in [0.15, 0.2) is 0 Å². The van der Waals surface area contributed by atoms with Crippen LogP contribution >= 0.6 is 11.6 Å². The largest absolute Gasteiger partial charge is 0.508 e. The Bertz CT molecular complexity index is 1210. The lowest BCUT2D eigenvalue weighted by Crippen LogP contribution is -2.50. The number of hydrogen-bond donors (Lipinski definition) is 3. The number of aromatic nitrogens is 1. The number of phenols is 1. The van der Waals surface area contributed by atoms with Crippen molar-refractivity contribution < 1.29 is 24.6 Å². The van der Waals surface area contributed by atoms with Crippen LogP contribution in [-0.4, -0.2) is 38.1 Å². The molecule has 0 spiro atoms. The number of nitrogens with one attached hydrogen (secondary N) is 1.